The maximum atomic E-state index is 12.0. The molecule has 0 aliphatic heterocycles. The lowest BCUT2D eigenvalue weighted by Crippen LogP contribution is -1.95. The molecule has 0 bridgehead atoms. The summed E-state index contributed by atoms with van der Waals surface area (Å²) in [5, 5.41) is 8.39. The molecule has 0 aliphatic rings. The van der Waals surface area contributed by atoms with Gasteiger partial charge in [-0.1, -0.05) is 58.3 Å². The van der Waals surface area contributed by atoms with Crippen molar-refractivity contribution >= 4 is 0 Å². The van der Waals surface area contributed by atoms with Gasteiger partial charge in [0.05, 0.1) is 0 Å². The van der Waals surface area contributed by atoms with Crippen LogP contribution < -0.4 is 0 Å². The van der Waals surface area contributed by atoms with Crippen molar-refractivity contribution in [1.29, 1.82) is 0 Å². The number of hydrogen-bond acceptors (Lipinski definition) is 1. The second-order valence-corrected chi connectivity index (χ2v) is 4.05. The summed E-state index contributed by atoms with van der Waals surface area (Å²) < 4.78 is 12.0. The quantitative estimate of drug-likeness (QED) is 0.529. The normalized spacial score (nSPS) is 13.1. The summed E-state index contributed by atoms with van der Waals surface area (Å²) in [4.78, 5) is 0. The van der Waals surface area contributed by atoms with Crippen molar-refractivity contribution in [2.45, 2.75) is 77.5 Å². The van der Waals surface area contributed by atoms with Gasteiger partial charge in [-0.2, -0.15) is 0 Å². The maximum Gasteiger partial charge on any atom is 0.196 e. The van der Waals surface area contributed by atoms with Gasteiger partial charge in [0.1, 0.15) is 0 Å². The third-order valence-electron chi connectivity index (χ3n) is 2.55. The molecule has 86 valence electrons. The molecule has 14 heavy (non-hydrogen) atoms. The lowest BCUT2D eigenvalue weighted by molar-refractivity contribution is 0.0323. The van der Waals surface area contributed by atoms with Gasteiger partial charge in [-0.25, -0.2) is 4.39 Å². The van der Waals surface area contributed by atoms with Crippen LogP contribution in [-0.2, 0) is 0 Å². The number of rotatable bonds is 10. The summed E-state index contributed by atoms with van der Waals surface area (Å²) in [6.45, 7) is 2.22. The van der Waals surface area contributed by atoms with Crippen LogP contribution in [0.1, 0.15) is 71.1 Å². The first kappa shape index (κ1) is 13.9. The fourth-order valence-electron chi connectivity index (χ4n) is 1.62. The molecule has 0 heterocycles. The summed E-state index contributed by atoms with van der Waals surface area (Å²) in [5.41, 5.74) is 0. The Kier molecular flexibility index (Phi) is 10.9. The molecule has 0 aromatic heterocycles. The Balaban J connectivity index is 2.85. The van der Waals surface area contributed by atoms with E-state index in [1.807, 2.05) is 0 Å². The number of hydrogen-bond donors (Lipinski definition) is 1. The fraction of sp³-hybridized carbons (Fsp3) is 1.00. The Labute approximate surface area is 87.7 Å². The van der Waals surface area contributed by atoms with Crippen LogP contribution in [0.25, 0.3) is 0 Å². The smallest absolute Gasteiger partial charge is 0.196 e. The van der Waals surface area contributed by atoms with Crippen molar-refractivity contribution in [1.82, 2.24) is 0 Å². The fourth-order valence-corrected chi connectivity index (χ4v) is 1.62. The van der Waals surface area contributed by atoms with E-state index >= 15 is 0 Å². The lowest BCUT2D eigenvalue weighted by Gasteiger charge is -2.02. The molecule has 0 fully saturated rings. The van der Waals surface area contributed by atoms with Gasteiger partial charge in [-0.05, 0) is 6.42 Å². The van der Waals surface area contributed by atoms with Crippen molar-refractivity contribution in [2.75, 3.05) is 0 Å². The van der Waals surface area contributed by atoms with E-state index in [2.05, 4.69) is 6.92 Å². The Morgan fingerprint density at radius 2 is 1.29 bits per heavy atom. The summed E-state index contributed by atoms with van der Waals surface area (Å²) in [5.74, 6) is 0. The lowest BCUT2D eigenvalue weighted by atomic mass is 10.1. The van der Waals surface area contributed by atoms with E-state index in [1.54, 1.807) is 0 Å². The van der Waals surface area contributed by atoms with E-state index in [9.17, 15) is 4.39 Å². The highest BCUT2D eigenvalue weighted by Crippen LogP contribution is 2.11. The second-order valence-electron chi connectivity index (χ2n) is 4.05. The van der Waals surface area contributed by atoms with Gasteiger partial charge in [0, 0.05) is 6.42 Å². The number of alkyl halides is 1. The van der Waals surface area contributed by atoms with Crippen molar-refractivity contribution in [3.05, 3.63) is 0 Å². The maximum absolute atomic E-state index is 12.0. The third kappa shape index (κ3) is 11.9. The highest BCUT2D eigenvalue weighted by molar-refractivity contribution is 4.47. The Morgan fingerprint density at radius 3 is 1.71 bits per heavy atom. The molecular weight excluding hydrogens is 179 g/mol. The van der Waals surface area contributed by atoms with Crippen molar-refractivity contribution in [3.8, 4) is 0 Å². The van der Waals surface area contributed by atoms with Gasteiger partial charge < -0.3 is 5.11 Å². The van der Waals surface area contributed by atoms with E-state index in [1.165, 1.54) is 44.9 Å². The summed E-state index contributed by atoms with van der Waals surface area (Å²) in [7, 11) is 0. The van der Waals surface area contributed by atoms with E-state index < -0.39 is 6.36 Å². The largest absolute Gasteiger partial charge is 0.364 e. The number of halogens is 1. The van der Waals surface area contributed by atoms with Crippen molar-refractivity contribution < 1.29 is 9.50 Å². The molecule has 0 aromatic carbocycles. The van der Waals surface area contributed by atoms with Gasteiger partial charge in [0.25, 0.3) is 0 Å². The highest BCUT2D eigenvalue weighted by atomic mass is 19.1. The Morgan fingerprint density at radius 1 is 0.857 bits per heavy atom. The molecule has 1 nitrogen and oxygen atoms in total. The zero-order valence-electron chi connectivity index (χ0n) is 9.47. The second kappa shape index (κ2) is 11.0. The van der Waals surface area contributed by atoms with Gasteiger partial charge in [0.15, 0.2) is 6.36 Å². The predicted molar refractivity (Wildman–Crippen MR) is 59.0 cm³/mol. The minimum Gasteiger partial charge on any atom is -0.364 e. The molecule has 1 unspecified atom stereocenters. The summed E-state index contributed by atoms with van der Waals surface area (Å²) in [6, 6.07) is 0. The standard InChI is InChI=1S/C12H25FO/c1-2-3-4-5-6-7-8-9-10-11-12(13)14/h12,14H,2-11H2,1H3. The van der Waals surface area contributed by atoms with E-state index in [4.69, 9.17) is 5.11 Å². The molecule has 0 aliphatic carbocycles. The van der Waals surface area contributed by atoms with E-state index in [-0.39, 0.29) is 0 Å². The van der Waals surface area contributed by atoms with Crippen LogP contribution in [0.15, 0.2) is 0 Å². The molecule has 0 rings (SSSR count). The summed E-state index contributed by atoms with van der Waals surface area (Å²) in [6.07, 6.45) is 9.75. The van der Waals surface area contributed by atoms with Crippen LogP contribution in [0.4, 0.5) is 4.39 Å². The van der Waals surface area contributed by atoms with Crippen LogP contribution in [-0.4, -0.2) is 11.5 Å². The third-order valence-corrected chi connectivity index (χ3v) is 2.55. The van der Waals surface area contributed by atoms with Crippen molar-refractivity contribution in [2.24, 2.45) is 0 Å². The Hall–Kier alpha value is -0.110. The summed E-state index contributed by atoms with van der Waals surface area (Å²) >= 11 is 0. The average Bonchev–Trinajstić information content (AvgIpc) is 2.15. The molecule has 0 radical (unpaired) electrons. The van der Waals surface area contributed by atoms with Gasteiger partial charge in [0.2, 0.25) is 0 Å². The minimum absolute atomic E-state index is 0.315. The zero-order chi connectivity index (χ0) is 10.6. The van der Waals surface area contributed by atoms with Gasteiger partial charge in [-0.15, -0.1) is 0 Å². The molecule has 0 amide bonds. The van der Waals surface area contributed by atoms with Crippen LogP contribution >= 0.6 is 0 Å². The van der Waals surface area contributed by atoms with E-state index in [0.717, 1.165) is 12.8 Å². The van der Waals surface area contributed by atoms with Crippen LogP contribution in [0, 0.1) is 0 Å². The monoisotopic (exact) mass is 204 g/mol. The van der Waals surface area contributed by atoms with Crippen LogP contribution in [0.2, 0.25) is 0 Å². The molecule has 1 N–H and O–H groups in total. The van der Waals surface area contributed by atoms with Gasteiger partial charge in [-0.3, -0.25) is 0 Å². The first-order valence-corrected chi connectivity index (χ1v) is 6.09. The van der Waals surface area contributed by atoms with Crippen molar-refractivity contribution in [3.63, 3.8) is 0 Å². The minimum atomic E-state index is -1.60. The van der Waals surface area contributed by atoms with Crippen LogP contribution in [0.5, 0.6) is 0 Å². The topological polar surface area (TPSA) is 20.2 Å². The predicted octanol–water partition coefficient (Wildman–Crippen LogP) is 4.20. The highest BCUT2D eigenvalue weighted by Gasteiger charge is 1.98. The van der Waals surface area contributed by atoms with Crippen LogP contribution in [0.3, 0.4) is 0 Å². The number of unbranched alkanes of at least 4 members (excludes halogenated alkanes) is 8. The van der Waals surface area contributed by atoms with Gasteiger partial charge >= 0.3 is 0 Å². The molecule has 1 atom stereocenters. The van der Waals surface area contributed by atoms with E-state index in [0.29, 0.717) is 6.42 Å². The average molecular weight is 204 g/mol. The number of aliphatic hydroxyl groups excluding tert-OH is 1. The zero-order valence-corrected chi connectivity index (χ0v) is 9.47. The first-order chi connectivity index (χ1) is 6.77. The molecule has 0 saturated heterocycles. The molecule has 0 spiro atoms. The molecular formula is C12H25FO. The first-order valence-electron chi connectivity index (χ1n) is 6.09. The Bertz CT molecular complexity index is 104. The number of aliphatic hydroxyl groups is 1. The molecule has 2 heteroatoms. The SMILES string of the molecule is CCCCCCCCCCCC(O)F. The molecule has 0 saturated carbocycles. The molecule has 0 aromatic rings.